The summed E-state index contributed by atoms with van der Waals surface area (Å²) in [6.45, 7) is 3.66. The summed E-state index contributed by atoms with van der Waals surface area (Å²) in [6.07, 6.45) is 6.26. The van der Waals surface area contributed by atoms with Crippen molar-refractivity contribution in [3.8, 4) is 5.88 Å². The molecule has 2 heterocycles. The Bertz CT molecular complexity index is 887. The maximum Gasteiger partial charge on any atom is 0.335 e. The van der Waals surface area contributed by atoms with E-state index in [-0.39, 0.29) is 22.3 Å². The van der Waals surface area contributed by atoms with Crippen molar-refractivity contribution in [2.75, 3.05) is 39.6 Å². The minimum atomic E-state index is -0.852. The molecule has 1 aliphatic heterocycles. The number of aromatic carboxylic acids is 1. The van der Waals surface area contributed by atoms with Gasteiger partial charge in [-0.3, -0.25) is 4.79 Å². The fourth-order valence-corrected chi connectivity index (χ4v) is 3.47. The van der Waals surface area contributed by atoms with E-state index in [4.69, 9.17) is 38.0 Å². The number of methoxy groups -OCH3 is 1. The van der Waals surface area contributed by atoms with Crippen LogP contribution in [0, 0.1) is 0 Å². The highest BCUT2D eigenvalue weighted by molar-refractivity contribution is 6.33. The summed E-state index contributed by atoms with van der Waals surface area (Å²) in [5.74, 6) is -1.33. The third kappa shape index (κ3) is 9.65. The van der Waals surface area contributed by atoms with Gasteiger partial charge in [-0.1, -0.05) is 30.2 Å². The van der Waals surface area contributed by atoms with Crippen molar-refractivity contribution in [1.29, 1.82) is 0 Å². The molecule has 0 saturated carbocycles. The number of primary amides is 1. The van der Waals surface area contributed by atoms with Crippen molar-refractivity contribution in [2.45, 2.75) is 32.1 Å². The monoisotopic (exact) mass is 480 g/mol. The first kappa shape index (κ1) is 28.2. The zero-order valence-electron chi connectivity index (χ0n) is 19.1. The highest BCUT2D eigenvalue weighted by Crippen LogP contribution is 2.24. The van der Waals surface area contributed by atoms with Crippen LogP contribution in [-0.2, 0) is 6.42 Å². The average molecular weight is 481 g/mol. The number of hydrogen-bond donors (Lipinski definition) is 4. The number of carboxylic acid groups (broad SMARTS) is 1. The van der Waals surface area contributed by atoms with Crippen LogP contribution < -0.4 is 16.2 Å². The molecule has 9 nitrogen and oxygen atoms in total. The van der Waals surface area contributed by atoms with Gasteiger partial charge in [0.2, 0.25) is 5.88 Å². The second-order valence-electron chi connectivity index (χ2n) is 7.28. The second kappa shape index (κ2) is 15.0. The van der Waals surface area contributed by atoms with Crippen LogP contribution in [0.3, 0.4) is 0 Å². The smallest absolute Gasteiger partial charge is 0.335 e. The van der Waals surface area contributed by atoms with Crippen molar-refractivity contribution in [3.05, 3.63) is 52.0 Å². The number of aromatic nitrogens is 1. The Morgan fingerprint density at radius 3 is 2.27 bits per heavy atom. The molecule has 1 aliphatic rings. The number of ether oxygens (including phenoxy) is 1. The standard InChI is InChI=1S/C15H21NO2.C7H8ClN3O2.CH4O/c17-15(18)14-8-6-13(7-9-14)5-4-12-16-10-2-1-3-11-16;1-13-7-3(6(10)12)2-4(8)5(9)11-7;1-2/h6-9H,1-5,10-12H2,(H,17,18);2H,1H3,(H2,9,11)(H2,10,12);2H,1H3. The van der Waals surface area contributed by atoms with Gasteiger partial charge in [0, 0.05) is 7.11 Å². The molecule has 10 heteroatoms. The number of carbonyl (C=O) groups is 2. The van der Waals surface area contributed by atoms with Gasteiger partial charge in [0.25, 0.3) is 5.91 Å². The van der Waals surface area contributed by atoms with Crippen LogP contribution in [0.4, 0.5) is 5.82 Å². The third-order valence-corrected chi connectivity index (χ3v) is 5.32. The van der Waals surface area contributed by atoms with E-state index < -0.39 is 11.9 Å². The van der Waals surface area contributed by atoms with Crippen LogP contribution in [0.25, 0.3) is 0 Å². The molecule has 0 bridgehead atoms. The number of anilines is 1. The van der Waals surface area contributed by atoms with Gasteiger partial charge in [0.05, 0.1) is 17.7 Å². The van der Waals surface area contributed by atoms with Crippen molar-refractivity contribution in [3.63, 3.8) is 0 Å². The molecule has 3 rings (SSSR count). The van der Waals surface area contributed by atoms with Gasteiger partial charge in [-0.05, 0) is 69.1 Å². The van der Waals surface area contributed by atoms with E-state index in [2.05, 4.69) is 9.88 Å². The van der Waals surface area contributed by atoms with Crippen LogP contribution in [-0.4, -0.2) is 65.8 Å². The number of piperidine rings is 1. The van der Waals surface area contributed by atoms with Crippen LogP contribution in [0.1, 0.15) is 52.0 Å². The van der Waals surface area contributed by atoms with Gasteiger partial charge < -0.3 is 31.3 Å². The van der Waals surface area contributed by atoms with Crippen LogP contribution in [0.15, 0.2) is 30.3 Å². The minimum Gasteiger partial charge on any atom is -0.480 e. The van der Waals surface area contributed by atoms with Gasteiger partial charge in [0.1, 0.15) is 11.4 Å². The number of likely N-dealkylation sites (tertiary alicyclic amines) is 1. The normalized spacial score (nSPS) is 13.1. The number of rotatable bonds is 7. The molecule has 0 radical (unpaired) electrons. The predicted octanol–water partition coefficient (Wildman–Crippen LogP) is 2.84. The van der Waals surface area contributed by atoms with E-state index in [1.54, 1.807) is 12.1 Å². The second-order valence-corrected chi connectivity index (χ2v) is 7.69. The Hall–Kier alpha value is -2.88. The molecule has 0 spiro atoms. The molecule has 1 fully saturated rings. The number of benzene rings is 1. The SMILES string of the molecule is CO.COc1nc(N)c(Cl)cc1C(N)=O.O=C(O)c1ccc(CCCN2CCCCC2)cc1. The summed E-state index contributed by atoms with van der Waals surface area (Å²) in [5.41, 5.74) is 12.2. The molecule has 2 aromatic rings. The van der Waals surface area contributed by atoms with Crippen LogP contribution in [0.2, 0.25) is 5.02 Å². The molecule has 1 saturated heterocycles. The molecule has 182 valence electrons. The minimum absolute atomic E-state index is 0.0781. The Morgan fingerprint density at radius 1 is 1.15 bits per heavy atom. The van der Waals surface area contributed by atoms with E-state index in [0.29, 0.717) is 5.56 Å². The molecule has 33 heavy (non-hydrogen) atoms. The Labute approximate surface area is 199 Å². The lowest BCUT2D eigenvalue weighted by atomic mass is 10.1. The number of aryl methyl sites for hydroxylation is 1. The zero-order chi connectivity index (χ0) is 24.8. The number of carbonyl (C=O) groups excluding carboxylic acids is 1. The lowest BCUT2D eigenvalue weighted by molar-refractivity contribution is 0.0696. The molecule has 6 N–H and O–H groups in total. The number of nitrogens with two attached hydrogens (primary N) is 2. The summed E-state index contributed by atoms with van der Waals surface area (Å²) in [5, 5.41) is 16.0. The van der Waals surface area contributed by atoms with E-state index >= 15 is 0 Å². The number of nitrogen functional groups attached to an aromatic ring is 1. The van der Waals surface area contributed by atoms with E-state index in [1.165, 1.54) is 57.6 Å². The van der Waals surface area contributed by atoms with Gasteiger partial charge in [-0.25, -0.2) is 4.79 Å². The first-order chi connectivity index (χ1) is 15.8. The largest absolute Gasteiger partial charge is 0.480 e. The average Bonchev–Trinajstić information content (AvgIpc) is 2.83. The van der Waals surface area contributed by atoms with E-state index in [0.717, 1.165) is 20.0 Å². The van der Waals surface area contributed by atoms with Gasteiger partial charge in [-0.2, -0.15) is 4.98 Å². The van der Waals surface area contributed by atoms with Crippen LogP contribution in [0.5, 0.6) is 5.88 Å². The number of halogens is 1. The molecule has 1 aromatic heterocycles. The van der Waals surface area contributed by atoms with Gasteiger partial charge in [0.15, 0.2) is 0 Å². The fraction of sp³-hybridized carbons (Fsp3) is 0.435. The number of hydrogen-bond acceptors (Lipinski definition) is 7. The quantitative estimate of drug-likeness (QED) is 0.472. The number of amides is 1. The Balaban J connectivity index is 0.000000322. The molecule has 0 unspecified atom stereocenters. The lowest BCUT2D eigenvalue weighted by Crippen LogP contribution is -2.30. The first-order valence-electron chi connectivity index (χ1n) is 10.6. The Kier molecular flexibility index (Phi) is 12.8. The summed E-state index contributed by atoms with van der Waals surface area (Å²) < 4.78 is 4.79. The zero-order valence-corrected chi connectivity index (χ0v) is 19.8. The first-order valence-corrected chi connectivity index (χ1v) is 11.0. The number of pyridine rings is 1. The van der Waals surface area contributed by atoms with Crippen molar-refractivity contribution in [2.24, 2.45) is 5.73 Å². The number of carboxylic acids is 1. The fourth-order valence-electron chi connectivity index (χ4n) is 3.32. The number of aliphatic hydroxyl groups excluding tert-OH is 1. The Morgan fingerprint density at radius 2 is 1.76 bits per heavy atom. The molecule has 0 aliphatic carbocycles. The lowest BCUT2D eigenvalue weighted by Gasteiger charge is -2.26. The number of nitrogens with zero attached hydrogens (tertiary/aromatic N) is 2. The highest BCUT2D eigenvalue weighted by Gasteiger charge is 2.13. The number of aliphatic hydroxyl groups is 1. The molecule has 1 aromatic carbocycles. The van der Waals surface area contributed by atoms with Gasteiger partial charge in [-0.15, -0.1) is 0 Å². The van der Waals surface area contributed by atoms with Gasteiger partial charge >= 0.3 is 5.97 Å². The predicted molar refractivity (Wildman–Crippen MR) is 129 cm³/mol. The molecular weight excluding hydrogens is 448 g/mol. The molecule has 0 atom stereocenters. The van der Waals surface area contributed by atoms with E-state index in [9.17, 15) is 9.59 Å². The molecule has 1 amide bonds. The molecular formula is C23H33ClN4O5. The highest BCUT2D eigenvalue weighted by atomic mass is 35.5. The summed E-state index contributed by atoms with van der Waals surface area (Å²) in [4.78, 5) is 27.8. The van der Waals surface area contributed by atoms with Crippen molar-refractivity contribution in [1.82, 2.24) is 9.88 Å². The van der Waals surface area contributed by atoms with Crippen molar-refractivity contribution >= 4 is 29.3 Å². The summed E-state index contributed by atoms with van der Waals surface area (Å²) in [7, 11) is 2.36. The maximum atomic E-state index is 10.8. The van der Waals surface area contributed by atoms with Crippen LogP contribution >= 0.6 is 11.6 Å². The summed E-state index contributed by atoms with van der Waals surface area (Å²) in [6, 6.07) is 8.57. The third-order valence-electron chi connectivity index (χ3n) is 5.02. The summed E-state index contributed by atoms with van der Waals surface area (Å²) >= 11 is 5.64. The van der Waals surface area contributed by atoms with E-state index in [1.807, 2.05) is 12.1 Å². The maximum absolute atomic E-state index is 10.8. The topological polar surface area (TPSA) is 152 Å². The van der Waals surface area contributed by atoms with Crippen molar-refractivity contribution < 1.29 is 24.5 Å².